The van der Waals surface area contributed by atoms with Gasteiger partial charge in [-0.3, -0.25) is 14.6 Å². The van der Waals surface area contributed by atoms with Gasteiger partial charge in [0, 0.05) is 29.6 Å². The van der Waals surface area contributed by atoms with Crippen LogP contribution in [0.1, 0.15) is 12.5 Å². The molecule has 0 spiro atoms. The average Bonchev–Trinajstić information content (AvgIpc) is 2.42. The van der Waals surface area contributed by atoms with E-state index in [-0.39, 0.29) is 5.91 Å². The third-order valence-electron chi connectivity index (χ3n) is 2.27. The predicted molar refractivity (Wildman–Crippen MR) is 74.2 cm³/mol. The molecule has 1 aromatic rings. The SMILES string of the molecule is C[C@H](CS)C(=O)N(CC(=O)O)/N=C\c1cccnc1. The molecule has 1 atom stereocenters. The fraction of sp³-hybridized carbons (Fsp3) is 0.333. The van der Waals surface area contributed by atoms with Crippen LogP contribution in [0.15, 0.2) is 29.6 Å². The first kappa shape index (κ1) is 15.2. The Morgan fingerprint density at radius 3 is 2.89 bits per heavy atom. The summed E-state index contributed by atoms with van der Waals surface area (Å²) in [5.41, 5.74) is 0.684. The highest BCUT2D eigenvalue weighted by molar-refractivity contribution is 7.80. The lowest BCUT2D eigenvalue weighted by molar-refractivity contribution is -0.145. The lowest BCUT2D eigenvalue weighted by atomic mass is 10.2. The van der Waals surface area contributed by atoms with Crippen LogP contribution in [0, 0.1) is 5.92 Å². The number of carbonyl (C=O) groups is 2. The largest absolute Gasteiger partial charge is 0.480 e. The number of nitrogens with zero attached hydrogens (tertiary/aromatic N) is 3. The molecule has 0 aliphatic rings. The summed E-state index contributed by atoms with van der Waals surface area (Å²) < 4.78 is 0. The molecular weight excluding hydrogens is 266 g/mol. The molecule has 0 fully saturated rings. The van der Waals surface area contributed by atoms with E-state index in [2.05, 4.69) is 22.7 Å². The van der Waals surface area contributed by atoms with Crippen molar-refractivity contribution in [3.63, 3.8) is 0 Å². The number of pyridine rings is 1. The van der Waals surface area contributed by atoms with Crippen molar-refractivity contribution in [1.29, 1.82) is 0 Å². The summed E-state index contributed by atoms with van der Waals surface area (Å²) in [4.78, 5) is 26.5. The van der Waals surface area contributed by atoms with Crippen molar-refractivity contribution in [2.45, 2.75) is 6.92 Å². The Labute approximate surface area is 116 Å². The van der Waals surface area contributed by atoms with E-state index in [0.29, 0.717) is 11.3 Å². The maximum atomic E-state index is 11.9. The maximum absolute atomic E-state index is 11.9. The van der Waals surface area contributed by atoms with Gasteiger partial charge in [0.05, 0.1) is 6.21 Å². The summed E-state index contributed by atoms with van der Waals surface area (Å²) in [6, 6.07) is 3.48. The van der Waals surface area contributed by atoms with E-state index in [4.69, 9.17) is 5.11 Å². The Kier molecular flexibility index (Phi) is 6.01. The smallest absolute Gasteiger partial charge is 0.325 e. The Bertz CT molecular complexity index is 465. The fourth-order valence-electron chi connectivity index (χ4n) is 1.22. The van der Waals surface area contributed by atoms with E-state index >= 15 is 0 Å². The van der Waals surface area contributed by atoms with Crippen LogP contribution in [0.25, 0.3) is 0 Å². The molecule has 1 heterocycles. The summed E-state index contributed by atoms with van der Waals surface area (Å²) in [7, 11) is 0. The Morgan fingerprint density at radius 1 is 1.63 bits per heavy atom. The lowest BCUT2D eigenvalue weighted by Gasteiger charge is -2.18. The monoisotopic (exact) mass is 281 g/mol. The van der Waals surface area contributed by atoms with Gasteiger partial charge in [0.2, 0.25) is 5.91 Å². The molecule has 0 aliphatic carbocycles. The van der Waals surface area contributed by atoms with Crippen LogP contribution in [0.5, 0.6) is 0 Å². The van der Waals surface area contributed by atoms with E-state index in [9.17, 15) is 9.59 Å². The summed E-state index contributed by atoms with van der Waals surface area (Å²) in [6.45, 7) is 1.19. The zero-order valence-electron chi connectivity index (χ0n) is 10.4. The average molecular weight is 281 g/mol. The van der Waals surface area contributed by atoms with E-state index in [1.54, 1.807) is 31.5 Å². The number of hydrogen-bond acceptors (Lipinski definition) is 5. The second-order valence-corrected chi connectivity index (χ2v) is 4.27. The van der Waals surface area contributed by atoms with Gasteiger partial charge in [0.15, 0.2) is 0 Å². The van der Waals surface area contributed by atoms with Gasteiger partial charge in [-0.1, -0.05) is 13.0 Å². The second-order valence-electron chi connectivity index (χ2n) is 3.90. The maximum Gasteiger partial charge on any atom is 0.325 e. The number of hydrazone groups is 1. The number of carboxylic acid groups (broad SMARTS) is 1. The third kappa shape index (κ3) is 5.09. The fourth-order valence-corrected chi connectivity index (χ4v) is 1.38. The van der Waals surface area contributed by atoms with Gasteiger partial charge < -0.3 is 5.11 Å². The normalized spacial score (nSPS) is 12.3. The Morgan fingerprint density at radius 2 is 2.37 bits per heavy atom. The minimum atomic E-state index is -1.12. The van der Waals surface area contributed by atoms with Crippen LogP contribution >= 0.6 is 12.6 Å². The molecule has 1 N–H and O–H groups in total. The molecule has 1 rings (SSSR count). The standard InChI is InChI=1S/C12H15N3O3S/c1-9(8-19)12(18)15(7-11(16)17)14-6-10-3-2-4-13-5-10/h2-6,9,19H,7-8H2,1H3,(H,16,17)/b14-6-/t9-/m1/s1. The molecule has 19 heavy (non-hydrogen) atoms. The number of aromatic nitrogens is 1. The molecule has 0 aliphatic heterocycles. The van der Waals surface area contributed by atoms with E-state index in [1.165, 1.54) is 6.21 Å². The van der Waals surface area contributed by atoms with Crippen molar-refractivity contribution in [2.75, 3.05) is 12.3 Å². The predicted octanol–water partition coefficient (Wildman–Crippen LogP) is 0.895. The van der Waals surface area contributed by atoms with Crippen molar-refractivity contribution in [3.05, 3.63) is 30.1 Å². The highest BCUT2D eigenvalue weighted by atomic mass is 32.1. The summed E-state index contributed by atoms with van der Waals surface area (Å²) >= 11 is 4.02. The quantitative estimate of drug-likeness (QED) is 0.461. The molecule has 6 nitrogen and oxygen atoms in total. The first-order valence-electron chi connectivity index (χ1n) is 5.62. The molecule has 0 radical (unpaired) electrons. The van der Waals surface area contributed by atoms with Gasteiger partial charge in [-0.05, 0) is 6.07 Å². The van der Waals surface area contributed by atoms with Crippen molar-refractivity contribution in [2.24, 2.45) is 11.0 Å². The highest BCUT2D eigenvalue weighted by Gasteiger charge is 2.20. The minimum Gasteiger partial charge on any atom is -0.480 e. The number of amides is 1. The van der Waals surface area contributed by atoms with Crippen molar-refractivity contribution >= 4 is 30.7 Å². The van der Waals surface area contributed by atoms with Crippen LogP contribution in [0.4, 0.5) is 0 Å². The second kappa shape index (κ2) is 7.52. The van der Waals surface area contributed by atoms with Gasteiger partial charge in [0.25, 0.3) is 0 Å². The van der Waals surface area contributed by atoms with Gasteiger partial charge in [0.1, 0.15) is 6.54 Å². The van der Waals surface area contributed by atoms with Crippen molar-refractivity contribution in [1.82, 2.24) is 9.99 Å². The number of carbonyl (C=O) groups excluding carboxylic acids is 1. The molecule has 0 unspecified atom stereocenters. The van der Waals surface area contributed by atoms with Crippen LogP contribution in [-0.4, -0.2) is 45.5 Å². The highest BCUT2D eigenvalue weighted by Crippen LogP contribution is 2.05. The van der Waals surface area contributed by atoms with E-state index < -0.39 is 18.4 Å². The molecule has 7 heteroatoms. The van der Waals surface area contributed by atoms with Gasteiger partial charge in [-0.25, -0.2) is 5.01 Å². The number of carboxylic acids is 1. The van der Waals surface area contributed by atoms with Crippen LogP contribution in [0.2, 0.25) is 0 Å². The van der Waals surface area contributed by atoms with Gasteiger partial charge in [-0.15, -0.1) is 0 Å². The van der Waals surface area contributed by atoms with Crippen LogP contribution in [-0.2, 0) is 9.59 Å². The first-order valence-corrected chi connectivity index (χ1v) is 6.26. The Hall–Kier alpha value is -1.89. The number of aliphatic carboxylic acids is 1. The zero-order valence-corrected chi connectivity index (χ0v) is 11.3. The molecule has 0 aromatic carbocycles. The Balaban J connectivity index is 2.83. The van der Waals surface area contributed by atoms with Crippen molar-refractivity contribution < 1.29 is 14.7 Å². The lowest BCUT2D eigenvalue weighted by Crippen LogP contribution is -2.35. The molecule has 0 bridgehead atoms. The summed E-state index contributed by atoms with van der Waals surface area (Å²) in [5, 5.41) is 13.6. The number of thiol groups is 1. The summed E-state index contributed by atoms with van der Waals surface area (Å²) in [5.74, 6) is -1.56. The van der Waals surface area contributed by atoms with Gasteiger partial charge >= 0.3 is 5.97 Å². The minimum absolute atomic E-state index is 0.331. The molecule has 1 amide bonds. The topological polar surface area (TPSA) is 82.9 Å². The number of rotatable bonds is 6. The molecule has 0 saturated heterocycles. The van der Waals surface area contributed by atoms with Crippen LogP contribution in [0.3, 0.4) is 0 Å². The molecule has 0 saturated carbocycles. The van der Waals surface area contributed by atoms with Crippen LogP contribution < -0.4 is 0 Å². The number of hydrogen-bond donors (Lipinski definition) is 2. The summed E-state index contributed by atoms with van der Waals surface area (Å²) in [6.07, 6.45) is 4.58. The first-order chi connectivity index (χ1) is 9.04. The molecular formula is C12H15N3O3S. The van der Waals surface area contributed by atoms with Crippen molar-refractivity contribution in [3.8, 4) is 0 Å². The van der Waals surface area contributed by atoms with E-state index in [1.807, 2.05) is 0 Å². The molecule has 102 valence electrons. The zero-order chi connectivity index (χ0) is 14.3. The van der Waals surface area contributed by atoms with Gasteiger partial charge in [-0.2, -0.15) is 17.7 Å². The molecule has 1 aromatic heterocycles. The third-order valence-corrected chi connectivity index (χ3v) is 2.81. The van der Waals surface area contributed by atoms with E-state index in [0.717, 1.165) is 5.01 Å².